The topological polar surface area (TPSA) is 54.0 Å². The number of amides is 1. The molecule has 1 atom stereocenters. The van der Waals surface area contributed by atoms with Gasteiger partial charge < -0.3 is 10.6 Å². The van der Waals surface area contributed by atoms with Gasteiger partial charge >= 0.3 is 0 Å². The molecule has 5 heteroatoms. The lowest BCUT2D eigenvalue weighted by atomic mass is 10.2. The van der Waals surface area contributed by atoms with Gasteiger partial charge in [-0.1, -0.05) is 6.92 Å². The van der Waals surface area contributed by atoms with Crippen molar-refractivity contribution >= 4 is 22.4 Å². The van der Waals surface area contributed by atoms with E-state index in [1.54, 1.807) is 11.3 Å². The number of aryl methyl sites for hydroxylation is 2. The minimum Gasteiger partial charge on any atom is -0.306 e. The van der Waals surface area contributed by atoms with Crippen molar-refractivity contribution in [2.24, 2.45) is 0 Å². The lowest BCUT2D eigenvalue weighted by Crippen LogP contribution is -2.35. The summed E-state index contributed by atoms with van der Waals surface area (Å²) >= 11 is 1.56. The molecule has 1 aromatic heterocycles. The molecule has 0 saturated carbocycles. The zero-order chi connectivity index (χ0) is 11.5. The molecule has 2 heterocycles. The largest absolute Gasteiger partial charge is 0.306 e. The van der Waals surface area contributed by atoms with Crippen LogP contribution in [0.2, 0.25) is 0 Å². The van der Waals surface area contributed by atoms with Gasteiger partial charge in [0.2, 0.25) is 5.91 Å². The van der Waals surface area contributed by atoms with E-state index in [9.17, 15) is 4.79 Å². The second kappa shape index (κ2) is 4.93. The summed E-state index contributed by atoms with van der Waals surface area (Å²) in [6.07, 6.45) is 2.92. The maximum absolute atomic E-state index is 11.8. The zero-order valence-corrected chi connectivity index (χ0v) is 10.5. The third kappa shape index (κ3) is 2.41. The Bertz CT molecular complexity index is 383. The summed E-state index contributed by atoms with van der Waals surface area (Å²) in [6.45, 7) is 5.06. The highest BCUT2D eigenvalue weighted by molar-refractivity contribution is 7.15. The van der Waals surface area contributed by atoms with E-state index in [4.69, 9.17) is 0 Å². The molecule has 1 aromatic rings. The van der Waals surface area contributed by atoms with Crippen LogP contribution in [-0.2, 0) is 11.2 Å². The average Bonchev–Trinajstić information content (AvgIpc) is 2.87. The Morgan fingerprint density at radius 3 is 3.06 bits per heavy atom. The number of carbonyl (C=O) groups is 1. The second-order valence-electron chi connectivity index (χ2n) is 4.01. The van der Waals surface area contributed by atoms with Crippen molar-refractivity contribution in [2.45, 2.75) is 39.2 Å². The minimum absolute atomic E-state index is 0.0331. The maximum Gasteiger partial charge on any atom is 0.243 e. The fourth-order valence-corrected chi connectivity index (χ4v) is 2.82. The van der Waals surface area contributed by atoms with E-state index in [0.717, 1.165) is 36.6 Å². The lowest BCUT2D eigenvalue weighted by Gasteiger charge is -2.08. The summed E-state index contributed by atoms with van der Waals surface area (Å²) in [5, 5.41) is 6.79. The first-order valence-electron chi connectivity index (χ1n) is 5.71. The van der Waals surface area contributed by atoms with Gasteiger partial charge in [-0.25, -0.2) is 4.98 Å². The number of hydrogen-bond donors (Lipinski definition) is 2. The first-order valence-corrected chi connectivity index (χ1v) is 6.53. The summed E-state index contributed by atoms with van der Waals surface area (Å²) < 4.78 is 0. The van der Waals surface area contributed by atoms with Gasteiger partial charge in [0.15, 0.2) is 5.13 Å². The molecule has 88 valence electrons. The van der Waals surface area contributed by atoms with Gasteiger partial charge in [0.1, 0.15) is 0 Å². The third-order valence-corrected chi connectivity index (χ3v) is 3.76. The molecule has 4 nitrogen and oxygen atoms in total. The van der Waals surface area contributed by atoms with E-state index in [2.05, 4.69) is 22.5 Å². The standard InChI is InChI=1S/C11H17N3OS/c1-3-8-7(2)16-11(13-8)14-10(15)9-5-4-6-12-9/h9,12H,3-6H2,1-2H3,(H,13,14,15)/t9-/m0/s1. The third-order valence-electron chi connectivity index (χ3n) is 2.83. The lowest BCUT2D eigenvalue weighted by molar-refractivity contribution is -0.117. The number of anilines is 1. The van der Waals surface area contributed by atoms with Gasteiger partial charge in [0.25, 0.3) is 0 Å². The summed E-state index contributed by atoms with van der Waals surface area (Å²) in [7, 11) is 0. The predicted octanol–water partition coefficient (Wildman–Crippen LogP) is 1.70. The quantitative estimate of drug-likeness (QED) is 0.844. The summed E-state index contributed by atoms with van der Waals surface area (Å²) in [4.78, 5) is 17.4. The number of nitrogens with zero attached hydrogens (tertiary/aromatic N) is 1. The van der Waals surface area contributed by atoms with Gasteiger partial charge in [-0.2, -0.15) is 0 Å². The minimum atomic E-state index is -0.0331. The van der Waals surface area contributed by atoms with Crippen LogP contribution in [0.5, 0.6) is 0 Å². The summed E-state index contributed by atoms with van der Waals surface area (Å²) in [5.41, 5.74) is 1.08. The number of aromatic nitrogens is 1. The summed E-state index contributed by atoms with van der Waals surface area (Å²) in [6, 6.07) is -0.0331. The molecular weight excluding hydrogens is 222 g/mol. The van der Waals surface area contributed by atoms with E-state index in [1.165, 1.54) is 4.88 Å². The molecular formula is C11H17N3OS. The van der Waals surface area contributed by atoms with E-state index >= 15 is 0 Å². The Balaban J connectivity index is 1.99. The molecule has 0 bridgehead atoms. The molecule has 0 spiro atoms. The number of carbonyl (C=O) groups excluding carboxylic acids is 1. The molecule has 2 rings (SSSR count). The molecule has 0 aliphatic carbocycles. The number of thiazole rings is 1. The van der Waals surface area contributed by atoms with Crippen molar-refractivity contribution in [3.05, 3.63) is 10.6 Å². The van der Waals surface area contributed by atoms with Crippen LogP contribution in [0.25, 0.3) is 0 Å². The van der Waals surface area contributed by atoms with Crippen molar-refractivity contribution in [3.8, 4) is 0 Å². The Morgan fingerprint density at radius 1 is 1.69 bits per heavy atom. The van der Waals surface area contributed by atoms with Gasteiger partial charge in [-0.15, -0.1) is 11.3 Å². The molecule has 1 amide bonds. The van der Waals surface area contributed by atoms with Gasteiger partial charge in [0, 0.05) is 4.88 Å². The van der Waals surface area contributed by atoms with E-state index in [0.29, 0.717) is 0 Å². The van der Waals surface area contributed by atoms with Crippen LogP contribution in [0.3, 0.4) is 0 Å². The van der Waals surface area contributed by atoms with Crippen LogP contribution in [0, 0.1) is 6.92 Å². The van der Waals surface area contributed by atoms with Crippen LogP contribution < -0.4 is 10.6 Å². The smallest absolute Gasteiger partial charge is 0.243 e. The van der Waals surface area contributed by atoms with Crippen molar-refractivity contribution in [1.82, 2.24) is 10.3 Å². The Hall–Kier alpha value is -0.940. The van der Waals surface area contributed by atoms with Gasteiger partial charge in [-0.05, 0) is 32.7 Å². The van der Waals surface area contributed by atoms with E-state index in [-0.39, 0.29) is 11.9 Å². The molecule has 1 saturated heterocycles. The molecule has 1 fully saturated rings. The molecule has 1 aliphatic rings. The van der Waals surface area contributed by atoms with E-state index < -0.39 is 0 Å². The monoisotopic (exact) mass is 239 g/mol. The average molecular weight is 239 g/mol. The Labute approximate surface area is 99.5 Å². The first kappa shape index (κ1) is 11.5. The highest BCUT2D eigenvalue weighted by Gasteiger charge is 2.22. The van der Waals surface area contributed by atoms with Crippen LogP contribution in [0.4, 0.5) is 5.13 Å². The molecule has 1 aliphatic heterocycles. The number of nitrogens with one attached hydrogen (secondary N) is 2. The highest BCUT2D eigenvalue weighted by Crippen LogP contribution is 2.22. The molecule has 0 radical (unpaired) electrons. The molecule has 2 N–H and O–H groups in total. The fraction of sp³-hybridized carbons (Fsp3) is 0.636. The number of rotatable bonds is 3. The Kier molecular flexibility index (Phi) is 3.56. The van der Waals surface area contributed by atoms with Crippen molar-refractivity contribution in [3.63, 3.8) is 0 Å². The van der Waals surface area contributed by atoms with Crippen LogP contribution in [0.15, 0.2) is 0 Å². The maximum atomic E-state index is 11.8. The van der Waals surface area contributed by atoms with E-state index in [1.807, 2.05) is 6.92 Å². The highest BCUT2D eigenvalue weighted by atomic mass is 32.1. The van der Waals surface area contributed by atoms with Crippen molar-refractivity contribution in [1.29, 1.82) is 0 Å². The normalized spacial score (nSPS) is 20.0. The molecule has 16 heavy (non-hydrogen) atoms. The fourth-order valence-electron chi connectivity index (χ4n) is 1.91. The molecule has 0 aromatic carbocycles. The van der Waals surface area contributed by atoms with Gasteiger partial charge in [0.05, 0.1) is 11.7 Å². The van der Waals surface area contributed by atoms with Crippen molar-refractivity contribution in [2.75, 3.05) is 11.9 Å². The van der Waals surface area contributed by atoms with Crippen LogP contribution >= 0.6 is 11.3 Å². The van der Waals surface area contributed by atoms with Crippen molar-refractivity contribution < 1.29 is 4.79 Å². The predicted molar refractivity (Wildman–Crippen MR) is 65.9 cm³/mol. The number of hydrogen-bond acceptors (Lipinski definition) is 4. The second-order valence-corrected chi connectivity index (χ2v) is 5.22. The Morgan fingerprint density at radius 2 is 2.50 bits per heavy atom. The summed E-state index contributed by atoms with van der Waals surface area (Å²) in [5.74, 6) is 0.0499. The van der Waals surface area contributed by atoms with Gasteiger partial charge in [-0.3, -0.25) is 4.79 Å². The molecule has 0 unspecified atom stereocenters. The van der Waals surface area contributed by atoms with Crippen LogP contribution in [-0.4, -0.2) is 23.5 Å². The zero-order valence-electron chi connectivity index (χ0n) is 9.67. The first-order chi connectivity index (χ1) is 7.70. The van der Waals surface area contributed by atoms with Crippen LogP contribution in [0.1, 0.15) is 30.3 Å². The SMILES string of the molecule is CCc1nc(NC(=O)[C@@H]2CCCN2)sc1C.